The van der Waals surface area contributed by atoms with Gasteiger partial charge in [-0.05, 0) is 84.2 Å². The summed E-state index contributed by atoms with van der Waals surface area (Å²) in [6.07, 6.45) is 32.1. The molecule has 1 heterocycles. The summed E-state index contributed by atoms with van der Waals surface area (Å²) < 4.78 is 8.61. The van der Waals surface area contributed by atoms with Gasteiger partial charge in [0.1, 0.15) is 6.61 Å². The van der Waals surface area contributed by atoms with Gasteiger partial charge in [0.2, 0.25) is 0 Å². The molecule has 5 aliphatic carbocycles. The van der Waals surface area contributed by atoms with Crippen molar-refractivity contribution in [1.29, 1.82) is 0 Å². The van der Waals surface area contributed by atoms with Crippen molar-refractivity contribution in [2.24, 2.45) is 28.1 Å². The Balaban J connectivity index is 1.19. The minimum absolute atomic E-state index is 0.119. The van der Waals surface area contributed by atoms with E-state index in [1.165, 1.54) is 44.7 Å². The molecule has 4 heteroatoms. The summed E-state index contributed by atoms with van der Waals surface area (Å²) in [6, 6.07) is 25.4. The molecule has 2 fully saturated rings. The number of hydrogen-bond donors (Lipinski definition) is 1. The van der Waals surface area contributed by atoms with Crippen LogP contribution in [0.4, 0.5) is 0 Å². The highest BCUT2D eigenvalue weighted by Crippen LogP contribution is 2.85. The molecule has 5 aliphatic rings. The normalized spacial score (nSPS) is 29.8. The predicted octanol–water partition coefficient (Wildman–Crippen LogP) is 11.6. The lowest BCUT2D eigenvalue weighted by atomic mass is 9.40. The zero-order valence-corrected chi connectivity index (χ0v) is 34.1. The molecule has 5 unspecified atom stereocenters. The van der Waals surface area contributed by atoms with Gasteiger partial charge in [-0.15, -0.1) is 0 Å². The topological polar surface area (TPSA) is 42.2 Å². The number of nitrogens with zero attached hydrogens (tertiary/aromatic N) is 1. The highest BCUT2D eigenvalue weighted by Gasteiger charge is 2.79. The molecule has 0 amide bonds. The van der Waals surface area contributed by atoms with Crippen molar-refractivity contribution in [1.82, 2.24) is 5.32 Å². The first-order chi connectivity index (χ1) is 27.7. The number of fused-ring (bicyclic) bond motifs is 6. The summed E-state index contributed by atoms with van der Waals surface area (Å²) in [7, 11) is 0. The minimum Gasteiger partial charge on any atom is -0.461 e. The smallest absolute Gasteiger partial charge is 0.307 e. The summed E-state index contributed by atoms with van der Waals surface area (Å²) in [4.78, 5) is 14.2. The molecule has 0 spiro atoms. The Morgan fingerprint density at radius 1 is 1.00 bits per heavy atom. The highest BCUT2D eigenvalue weighted by molar-refractivity contribution is 5.75. The molecule has 2 aromatic carbocycles. The maximum atomic E-state index is 14.2. The quantitative estimate of drug-likeness (QED) is 0.0771. The van der Waals surface area contributed by atoms with Crippen molar-refractivity contribution in [3.63, 3.8) is 0 Å². The van der Waals surface area contributed by atoms with Crippen molar-refractivity contribution >= 4 is 5.97 Å². The van der Waals surface area contributed by atoms with Gasteiger partial charge in [0.05, 0.1) is 6.42 Å². The van der Waals surface area contributed by atoms with Gasteiger partial charge in [-0.3, -0.25) is 4.79 Å². The Kier molecular flexibility index (Phi) is 10.7. The van der Waals surface area contributed by atoms with E-state index in [-0.39, 0.29) is 29.3 Å². The van der Waals surface area contributed by atoms with Crippen LogP contribution in [0.2, 0.25) is 0 Å². The molecular formula is C53H57N2O2+. The molecule has 4 nitrogen and oxygen atoms in total. The molecular weight excluding hydrogens is 697 g/mol. The van der Waals surface area contributed by atoms with Gasteiger partial charge in [0, 0.05) is 46.4 Å². The number of benzene rings is 2. The number of esters is 1. The molecule has 5 atom stereocenters. The first-order valence-corrected chi connectivity index (χ1v) is 20.9. The molecule has 0 saturated heterocycles. The van der Waals surface area contributed by atoms with Crippen LogP contribution < -0.4 is 9.88 Å². The van der Waals surface area contributed by atoms with Crippen LogP contribution in [0.15, 0.2) is 186 Å². The van der Waals surface area contributed by atoms with E-state index in [1.54, 1.807) is 0 Å². The van der Waals surface area contributed by atoms with Crippen LogP contribution >= 0.6 is 0 Å². The van der Waals surface area contributed by atoms with Gasteiger partial charge in [0.15, 0.2) is 18.4 Å². The molecule has 290 valence electrons. The molecule has 8 rings (SSSR count). The van der Waals surface area contributed by atoms with E-state index in [2.05, 4.69) is 148 Å². The van der Waals surface area contributed by atoms with Crippen LogP contribution in [0.3, 0.4) is 0 Å². The first-order valence-electron chi connectivity index (χ1n) is 20.9. The lowest BCUT2D eigenvalue weighted by Crippen LogP contribution is -2.60. The average molecular weight is 754 g/mol. The maximum Gasteiger partial charge on any atom is 0.307 e. The van der Waals surface area contributed by atoms with Gasteiger partial charge in [-0.2, -0.15) is 4.57 Å². The number of allylic oxidation sites excluding steroid dienone is 16. The largest absolute Gasteiger partial charge is 0.461 e. The second kappa shape index (κ2) is 15.8. The van der Waals surface area contributed by atoms with E-state index in [0.717, 1.165) is 49.9 Å². The molecule has 1 aromatic heterocycles. The number of hydrogen-bond acceptors (Lipinski definition) is 3. The van der Waals surface area contributed by atoms with Crippen LogP contribution in [-0.2, 0) is 29.1 Å². The van der Waals surface area contributed by atoms with Crippen LogP contribution in [0, 0.1) is 28.1 Å². The monoisotopic (exact) mass is 753 g/mol. The van der Waals surface area contributed by atoms with E-state index in [0.29, 0.717) is 12.3 Å². The van der Waals surface area contributed by atoms with Crippen LogP contribution in [0.5, 0.6) is 0 Å². The van der Waals surface area contributed by atoms with Crippen LogP contribution in [0.25, 0.3) is 11.1 Å². The van der Waals surface area contributed by atoms with E-state index < -0.39 is 5.41 Å². The summed E-state index contributed by atoms with van der Waals surface area (Å²) in [5.74, 6) is 0.381. The number of carbonyl (C=O) groups excluding carboxylic acids is 1. The first kappa shape index (κ1) is 38.4. The van der Waals surface area contributed by atoms with Gasteiger partial charge >= 0.3 is 5.97 Å². The number of aryl methyl sites for hydroxylation is 1. The van der Waals surface area contributed by atoms with E-state index in [4.69, 9.17) is 4.74 Å². The summed E-state index contributed by atoms with van der Waals surface area (Å²) in [5.41, 5.74) is 12.3. The van der Waals surface area contributed by atoms with Crippen LogP contribution in [-0.4, -0.2) is 5.97 Å². The van der Waals surface area contributed by atoms with Crippen molar-refractivity contribution in [3.05, 3.63) is 197 Å². The van der Waals surface area contributed by atoms with E-state index >= 15 is 0 Å². The highest BCUT2D eigenvalue weighted by atomic mass is 16.5. The second-order valence-electron chi connectivity index (χ2n) is 16.9. The molecule has 57 heavy (non-hydrogen) atoms. The number of pyridine rings is 1. The third-order valence-corrected chi connectivity index (χ3v) is 14.0. The standard InChI is InChI=1S/C53H57N2O2/c1-6-18-43(7-2)54-31-17-16-23-44-33-41(40-21-12-9-13-22-40)30-32-55(44)36-42-34-53(35-49(56)57-37-39-19-10-8-11-20-39)47-25-15-14-24-45(47)46-28-26-38(3)27-29-48-50(46)51(48,4)52(42,53)5/h6,8-15,17-22,24,26,28-34,47,50,54H,1,7,16,23,25,27,35-37H2,2-5H3/q+1/b31-17+,38-26-,43-18+,46-28-,48-29+. The number of ether oxygens (including phenoxy) is 1. The Labute approximate surface area is 340 Å². The lowest BCUT2D eigenvalue weighted by molar-refractivity contribution is -0.698. The molecule has 0 aliphatic heterocycles. The molecule has 0 bridgehead atoms. The fourth-order valence-corrected chi connectivity index (χ4v) is 10.7. The SMILES string of the molecule is C=C/C=C(\CC)N/C=C/CCc1cc(-c2ccccc2)cc[n+]1CC1=CC2(CC(=O)OCc3ccccc3)C3CC=CC=C3/C3=C/C=C(/C)C/C=C4\C3C4(C)C12C. The Hall–Kier alpha value is -5.48. The minimum atomic E-state index is -0.405. The number of carbonyl (C=O) groups is 1. The van der Waals surface area contributed by atoms with Crippen molar-refractivity contribution in [2.45, 2.75) is 79.4 Å². The number of aromatic nitrogens is 1. The summed E-state index contributed by atoms with van der Waals surface area (Å²) in [6.45, 7) is 14.3. The van der Waals surface area contributed by atoms with E-state index in [1.807, 2.05) is 42.5 Å². The maximum absolute atomic E-state index is 14.2. The fourth-order valence-electron chi connectivity index (χ4n) is 10.7. The fraction of sp³-hybridized carbons (Fsp3) is 0.321. The van der Waals surface area contributed by atoms with Crippen molar-refractivity contribution in [2.75, 3.05) is 0 Å². The second-order valence-corrected chi connectivity index (χ2v) is 16.9. The number of nitrogens with one attached hydrogen (secondary N) is 1. The number of rotatable bonds is 14. The molecule has 0 radical (unpaired) electrons. The summed E-state index contributed by atoms with van der Waals surface area (Å²) in [5, 5.41) is 3.44. The zero-order chi connectivity index (χ0) is 39.6. The van der Waals surface area contributed by atoms with Gasteiger partial charge < -0.3 is 10.1 Å². The van der Waals surface area contributed by atoms with Gasteiger partial charge in [-0.1, -0.05) is 154 Å². The third-order valence-electron chi connectivity index (χ3n) is 14.0. The van der Waals surface area contributed by atoms with Crippen molar-refractivity contribution < 1.29 is 14.1 Å². The van der Waals surface area contributed by atoms with E-state index in [9.17, 15) is 4.79 Å². The predicted molar refractivity (Wildman–Crippen MR) is 232 cm³/mol. The van der Waals surface area contributed by atoms with Crippen molar-refractivity contribution in [3.8, 4) is 11.1 Å². The lowest BCUT2D eigenvalue weighted by Gasteiger charge is -2.61. The summed E-state index contributed by atoms with van der Waals surface area (Å²) >= 11 is 0. The Morgan fingerprint density at radius 3 is 2.56 bits per heavy atom. The molecule has 3 aromatic rings. The zero-order valence-electron chi connectivity index (χ0n) is 34.1. The Bertz CT molecular complexity index is 2300. The molecule has 1 N–H and O–H groups in total. The van der Waals surface area contributed by atoms with Gasteiger partial charge in [-0.25, -0.2) is 0 Å². The third kappa shape index (κ3) is 6.77. The Morgan fingerprint density at radius 2 is 1.79 bits per heavy atom. The average Bonchev–Trinajstić information content (AvgIpc) is 3.84. The van der Waals surface area contributed by atoms with Gasteiger partial charge in [0.25, 0.3) is 0 Å². The molecule has 2 saturated carbocycles. The van der Waals surface area contributed by atoms with Crippen LogP contribution in [0.1, 0.15) is 71.1 Å².